The topological polar surface area (TPSA) is 40.5 Å². The van der Waals surface area contributed by atoms with Crippen LogP contribution in [0.25, 0.3) is 0 Å². The Morgan fingerprint density at radius 3 is 1.73 bits per heavy atom. The van der Waals surface area contributed by atoms with Crippen LogP contribution in [0.2, 0.25) is 0 Å². The third-order valence-corrected chi connectivity index (χ3v) is 1.07. The summed E-state index contributed by atoms with van der Waals surface area (Å²) in [6, 6.07) is 0. The van der Waals surface area contributed by atoms with Gasteiger partial charge in [-0.15, -0.1) is 0 Å². The highest BCUT2D eigenvalue weighted by Crippen LogP contribution is 1.99. The van der Waals surface area contributed by atoms with Crippen molar-refractivity contribution in [1.82, 2.24) is 0 Å². The van der Waals surface area contributed by atoms with Gasteiger partial charge in [-0.1, -0.05) is 40.0 Å². The molecule has 0 spiro atoms. The number of unbranched alkanes of at least 4 members (excludes halogenated alkanes) is 2. The Kier molecular flexibility index (Phi) is 15.4. The van der Waals surface area contributed by atoms with Gasteiger partial charge in [0.1, 0.15) is 0 Å². The van der Waals surface area contributed by atoms with Crippen molar-refractivity contribution in [2.75, 3.05) is 0 Å². The maximum Gasteiger partial charge on any atom is 0.151 e. The summed E-state index contributed by atoms with van der Waals surface area (Å²) in [5, 5.41) is 16.7. The lowest BCUT2D eigenvalue weighted by atomic mass is 10.2. The minimum absolute atomic E-state index is 0.522. The van der Waals surface area contributed by atoms with E-state index in [9.17, 15) is 0 Å². The van der Waals surface area contributed by atoms with Gasteiger partial charge in [-0.2, -0.15) is 0 Å². The van der Waals surface area contributed by atoms with E-state index in [1.54, 1.807) is 0 Å². The fourth-order valence-corrected chi connectivity index (χ4v) is 0.577. The maximum absolute atomic E-state index is 8.33. The summed E-state index contributed by atoms with van der Waals surface area (Å²) in [5.74, 6) is 0. The Morgan fingerprint density at radius 2 is 1.45 bits per heavy atom. The van der Waals surface area contributed by atoms with Crippen LogP contribution in [0.15, 0.2) is 0 Å². The molecule has 0 saturated heterocycles. The van der Waals surface area contributed by atoms with Gasteiger partial charge in [0, 0.05) is 0 Å². The van der Waals surface area contributed by atoms with E-state index in [0.29, 0.717) is 6.42 Å². The van der Waals surface area contributed by atoms with E-state index < -0.39 is 6.29 Å². The molecule has 0 atom stereocenters. The second-order valence-corrected chi connectivity index (χ2v) is 2.68. The summed E-state index contributed by atoms with van der Waals surface area (Å²) < 4.78 is 0. The summed E-state index contributed by atoms with van der Waals surface area (Å²) in [4.78, 5) is 0. The fraction of sp³-hybridized carbons (Fsp3) is 1.00. The minimum Gasteiger partial charge on any atom is -0.368 e. The van der Waals surface area contributed by atoms with Crippen molar-refractivity contribution in [3.63, 3.8) is 0 Å². The van der Waals surface area contributed by atoms with E-state index in [0.717, 1.165) is 19.3 Å². The average molecular weight is 162 g/mol. The lowest BCUT2D eigenvalue weighted by molar-refractivity contribution is -0.0465. The zero-order valence-electron chi connectivity index (χ0n) is 8.01. The second kappa shape index (κ2) is 12.6. The first-order chi connectivity index (χ1) is 5.18. The Balaban J connectivity index is 0. The predicted molar refractivity (Wildman–Crippen MR) is 48.3 cm³/mol. The maximum atomic E-state index is 8.33. The van der Waals surface area contributed by atoms with E-state index >= 15 is 0 Å². The molecule has 0 heterocycles. The molecule has 0 unspecified atom stereocenters. The normalized spacial score (nSPS) is 9.27. The zero-order valence-corrected chi connectivity index (χ0v) is 8.01. The van der Waals surface area contributed by atoms with Crippen molar-refractivity contribution in [3.05, 3.63) is 0 Å². The zero-order chi connectivity index (χ0) is 9.11. The minimum atomic E-state index is -1.10. The van der Waals surface area contributed by atoms with Crippen molar-refractivity contribution in [1.29, 1.82) is 0 Å². The third-order valence-electron chi connectivity index (χ3n) is 1.07. The Morgan fingerprint density at radius 1 is 1.00 bits per heavy atom. The van der Waals surface area contributed by atoms with Gasteiger partial charge < -0.3 is 10.2 Å². The molecule has 0 saturated carbocycles. The van der Waals surface area contributed by atoms with Crippen molar-refractivity contribution < 1.29 is 10.2 Å². The molecule has 11 heavy (non-hydrogen) atoms. The van der Waals surface area contributed by atoms with E-state index in [-0.39, 0.29) is 0 Å². The summed E-state index contributed by atoms with van der Waals surface area (Å²) in [6.07, 6.45) is 3.83. The molecule has 70 valence electrons. The van der Waals surface area contributed by atoms with Crippen LogP contribution in [-0.2, 0) is 0 Å². The van der Waals surface area contributed by atoms with Crippen LogP contribution in [-0.4, -0.2) is 16.5 Å². The molecule has 0 aromatic carbocycles. The highest BCUT2D eigenvalue weighted by molar-refractivity contribution is 4.40. The number of hydrogen-bond donors (Lipinski definition) is 2. The van der Waals surface area contributed by atoms with Gasteiger partial charge in [0.2, 0.25) is 0 Å². The third kappa shape index (κ3) is 25.7. The molecule has 2 N–H and O–H groups in total. The average Bonchev–Trinajstić information content (AvgIpc) is 1.89. The number of aliphatic hydroxyl groups is 2. The van der Waals surface area contributed by atoms with Crippen LogP contribution in [0, 0.1) is 0 Å². The largest absolute Gasteiger partial charge is 0.368 e. The van der Waals surface area contributed by atoms with E-state index in [4.69, 9.17) is 10.2 Å². The first-order valence-corrected chi connectivity index (χ1v) is 4.55. The molecule has 2 heteroatoms. The molecule has 0 aromatic rings. The SMILES string of the molecule is CCC.CCCCCC(O)O. The van der Waals surface area contributed by atoms with Gasteiger partial charge in [-0.3, -0.25) is 0 Å². The van der Waals surface area contributed by atoms with E-state index in [1.807, 2.05) is 0 Å². The molecular weight excluding hydrogens is 140 g/mol. The molecule has 0 rings (SSSR count). The van der Waals surface area contributed by atoms with Crippen LogP contribution in [0.1, 0.15) is 52.9 Å². The van der Waals surface area contributed by atoms with Gasteiger partial charge in [0.25, 0.3) is 0 Å². The Bertz CT molecular complexity index is 53.5. The van der Waals surface area contributed by atoms with Crippen molar-refractivity contribution in [3.8, 4) is 0 Å². The highest BCUT2D eigenvalue weighted by atomic mass is 16.5. The van der Waals surface area contributed by atoms with Crippen LogP contribution in [0.4, 0.5) is 0 Å². The molecule has 0 radical (unpaired) electrons. The molecular formula is C9H22O2. The number of rotatable bonds is 4. The second-order valence-electron chi connectivity index (χ2n) is 2.68. The Labute approximate surface area is 70.3 Å². The molecule has 0 aliphatic carbocycles. The molecule has 0 amide bonds. The molecule has 0 aliphatic heterocycles. The fourth-order valence-electron chi connectivity index (χ4n) is 0.577. The lowest BCUT2D eigenvalue weighted by Gasteiger charge is -1.99. The van der Waals surface area contributed by atoms with Gasteiger partial charge in [0.05, 0.1) is 0 Å². The van der Waals surface area contributed by atoms with Gasteiger partial charge in [-0.25, -0.2) is 0 Å². The summed E-state index contributed by atoms with van der Waals surface area (Å²) >= 11 is 0. The molecule has 0 aliphatic rings. The quantitative estimate of drug-likeness (QED) is 0.492. The van der Waals surface area contributed by atoms with E-state index in [2.05, 4.69) is 20.8 Å². The van der Waals surface area contributed by atoms with Gasteiger partial charge in [0.15, 0.2) is 6.29 Å². The molecule has 0 bridgehead atoms. The van der Waals surface area contributed by atoms with Crippen LogP contribution >= 0.6 is 0 Å². The Hall–Kier alpha value is -0.0800. The van der Waals surface area contributed by atoms with Crippen LogP contribution in [0.5, 0.6) is 0 Å². The first kappa shape index (κ1) is 13.5. The van der Waals surface area contributed by atoms with Crippen molar-refractivity contribution in [2.24, 2.45) is 0 Å². The number of hydrogen-bond acceptors (Lipinski definition) is 2. The highest BCUT2D eigenvalue weighted by Gasteiger charge is 1.93. The summed E-state index contributed by atoms with van der Waals surface area (Å²) in [7, 11) is 0. The van der Waals surface area contributed by atoms with Gasteiger partial charge >= 0.3 is 0 Å². The lowest BCUT2D eigenvalue weighted by Crippen LogP contribution is -2.02. The standard InChI is InChI=1S/C6H14O2.C3H8/c1-2-3-4-5-6(7)8;1-3-2/h6-8H,2-5H2,1H3;3H2,1-2H3. The van der Waals surface area contributed by atoms with Crippen molar-refractivity contribution in [2.45, 2.75) is 59.2 Å². The predicted octanol–water partition coefficient (Wildman–Crippen LogP) is 2.29. The van der Waals surface area contributed by atoms with E-state index in [1.165, 1.54) is 6.42 Å². The monoisotopic (exact) mass is 162 g/mol. The molecule has 2 nitrogen and oxygen atoms in total. The number of aliphatic hydroxyl groups excluding tert-OH is 1. The summed E-state index contributed by atoms with van der Waals surface area (Å²) in [6.45, 7) is 6.34. The molecule has 0 fully saturated rings. The first-order valence-electron chi connectivity index (χ1n) is 4.55. The van der Waals surface area contributed by atoms with Gasteiger partial charge in [-0.05, 0) is 12.8 Å². The van der Waals surface area contributed by atoms with Crippen LogP contribution in [0.3, 0.4) is 0 Å². The smallest absolute Gasteiger partial charge is 0.151 e. The summed E-state index contributed by atoms with van der Waals surface area (Å²) in [5.41, 5.74) is 0. The van der Waals surface area contributed by atoms with Crippen LogP contribution < -0.4 is 0 Å². The van der Waals surface area contributed by atoms with Crippen molar-refractivity contribution >= 4 is 0 Å². The molecule has 0 aromatic heterocycles.